The number of anilines is 1. The number of rotatable bonds is 1. The van der Waals surface area contributed by atoms with Crippen molar-refractivity contribution in [3.63, 3.8) is 0 Å². The molecule has 0 saturated carbocycles. The lowest BCUT2D eigenvalue weighted by atomic mass is 9.99. The Bertz CT molecular complexity index is 777. The van der Waals surface area contributed by atoms with E-state index in [0.29, 0.717) is 0 Å². The molecule has 76 valence electrons. The second-order valence-electron chi connectivity index (χ2n) is 2.25. The zero-order valence-electron chi connectivity index (χ0n) is 20.7. The highest BCUT2D eigenvalue weighted by Gasteiger charge is 2.16. The number of aromatic nitrogens is 2. The SMILES string of the molecule is [2H]c1nc(N2C([2H])([2H])C([2H])([2H])C([2H])(C([2H])([2H])[2H])C([2H])([2H])C2([2H])[2H])c([2H])nc1Br. The van der Waals surface area contributed by atoms with Gasteiger partial charge in [-0.05, 0) is 34.6 Å². The first-order valence-corrected chi connectivity index (χ1v) is 4.30. The van der Waals surface area contributed by atoms with Gasteiger partial charge >= 0.3 is 0 Å². The maximum absolute atomic E-state index is 8.13. The van der Waals surface area contributed by atoms with E-state index in [9.17, 15) is 0 Å². The summed E-state index contributed by atoms with van der Waals surface area (Å²) in [6, 6.07) is 0. The normalized spacial score (nSPS) is 50.8. The van der Waals surface area contributed by atoms with E-state index in [0.717, 1.165) is 0 Å². The molecule has 2 rings (SSSR count). The zero-order valence-corrected chi connectivity index (χ0v) is 8.31. The molecule has 1 aromatic heterocycles. The van der Waals surface area contributed by atoms with Crippen LogP contribution in [0, 0.1) is 5.89 Å². The third-order valence-corrected chi connectivity index (χ3v) is 1.66. The lowest BCUT2D eigenvalue weighted by Crippen LogP contribution is -2.33. The van der Waals surface area contributed by atoms with Crippen LogP contribution in [0.4, 0.5) is 5.82 Å². The molecule has 3 nitrogen and oxygen atoms in total. The van der Waals surface area contributed by atoms with E-state index in [4.69, 9.17) is 19.2 Å². The maximum atomic E-state index is 8.13. The Labute approximate surface area is 112 Å². The summed E-state index contributed by atoms with van der Waals surface area (Å²) < 4.78 is 110. The summed E-state index contributed by atoms with van der Waals surface area (Å²) in [5, 5.41) is 0. The fourth-order valence-corrected chi connectivity index (χ4v) is 0.914. The number of hydrogen-bond donors (Lipinski definition) is 0. The van der Waals surface area contributed by atoms with Gasteiger partial charge in [-0.3, -0.25) is 0 Å². The van der Waals surface area contributed by atoms with Gasteiger partial charge in [0.05, 0.1) is 15.1 Å². The molecule has 2 heterocycles. The van der Waals surface area contributed by atoms with Crippen LogP contribution in [0.1, 0.15) is 38.8 Å². The largest absolute Gasteiger partial charge is 0.355 e. The number of hydrogen-bond acceptors (Lipinski definition) is 3. The van der Waals surface area contributed by atoms with Gasteiger partial charge in [-0.1, -0.05) is 6.85 Å². The standard InChI is InChI=1S/C10H14BrN3/c1-8-2-4-14(5-3-8)10-7-12-9(11)6-13-10/h6-8H,2-5H2,1H3/i1D3,2D2,3D2,4D2,5D2,6D,7D,8D. The third kappa shape index (κ3) is 2.23. The number of halogens is 1. The van der Waals surface area contributed by atoms with Crippen molar-refractivity contribution in [3.05, 3.63) is 16.9 Å². The minimum atomic E-state index is -3.87. The van der Waals surface area contributed by atoms with Crippen molar-refractivity contribution in [2.24, 2.45) is 5.89 Å². The fraction of sp³-hybridized carbons (Fsp3) is 0.600. The molecular formula is C10H14BrN3. The van der Waals surface area contributed by atoms with Gasteiger partial charge < -0.3 is 4.90 Å². The molecule has 0 amide bonds. The zero-order chi connectivity index (χ0) is 22.3. The molecule has 0 N–H and O–H groups in total. The van der Waals surface area contributed by atoms with Crippen LogP contribution in [-0.4, -0.2) is 23.0 Å². The molecule has 1 aliphatic rings. The molecule has 0 unspecified atom stereocenters. The summed E-state index contributed by atoms with van der Waals surface area (Å²) >= 11 is 2.81. The summed E-state index contributed by atoms with van der Waals surface area (Å²) in [4.78, 5) is 6.84. The fourth-order valence-electron chi connectivity index (χ4n) is 0.737. The van der Waals surface area contributed by atoms with Crippen LogP contribution >= 0.6 is 15.9 Å². The molecule has 0 aromatic carbocycles. The van der Waals surface area contributed by atoms with Gasteiger partial charge in [0.1, 0.15) is 10.4 Å². The van der Waals surface area contributed by atoms with E-state index in [1.807, 2.05) is 0 Å². The van der Waals surface area contributed by atoms with Gasteiger partial charge in [-0.25, -0.2) is 9.97 Å². The minimum absolute atomic E-state index is 0.182. The van der Waals surface area contributed by atoms with Gasteiger partial charge in [0.2, 0.25) is 0 Å². The van der Waals surface area contributed by atoms with E-state index in [1.54, 1.807) is 0 Å². The minimum Gasteiger partial charge on any atom is -0.355 e. The van der Waals surface area contributed by atoms with Crippen molar-refractivity contribution in [1.82, 2.24) is 9.97 Å². The van der Waals surface area contributed by atoms with Crippen LogP contribution in [0.2, 0.25) is 0 Å². The Balaban J connectivity index is 2.95. The highest BCUT2D eigenvalue weighted by Crippen LogP contribution is 2.20. The van der Waals surface area contributed by atoms with Crippen molar-refractivity contribution >= 4 is 21.7 Å². The molecule has 1 fully saturated rings. The summed E-state index contributed by atoms with van der Waals surface area (Å²) in [5.41, 5.74) is 0. The predicted molar refractivity (Wildman–Crippen MR) is 60.3 cm³/mol. The molecular weight excluding hydrogens is 242 g/mol. The molecule has 0 radical (unpaired) electrons. The average Bonchev–Trinajstić information content (AvgIpc) is 2.48. The van der Waals surface area contributed by atoms with Crippen molar-refractivity contribution in [1.29, 1.82) is 0 Å². The lowest BCUT2D eigenvalue weighted by molar-refractivity contribution is 0.436. The summed E-state index contributed by atoms with van der Waals surface area (Å²) in [5.74, 6) is -4.88. The first-order chi connectivity index (χ1) is 12.2. The highest BCUT2D eigenvalue weighted by molar-refractivity contribution is 9.10. The number of piperidine rings is 1. The Morgan fingerprint density at radius 1 is 1.64 bits per heavy atom. The Morgan fingerprint density at radius 3 is 3.14 bits per heavy atom. The van der Waals surface area contributed by atoms with Crippen LogP contribution in [0.25, 0.3) is 0 Å². The Hall–Kier alpha value is -0.640. The topological polar surface area (TPSA) is 29.0 Å². The van der Waals surface area contributed by atoms with E-state index in [2.05, 4.69) is 25.9 Å². The lowest BCUT2D eigenvalue weighted by Gasteiger charge is -2.30. The van der Waals surface area contributed by atoms with Gasteiger partial charge in [0.25, 0.3) is 0 Å². The van der Waals surface area contributed by atoms with E-state index < -0.39 is 56.6 Å². The van der Waals surface area contributed by atoms with Crippen LogP contribution in [0.3, 0.4) is 0 Å². The molecule has 0 aliphatic carbocycles. The molecule has 0 bridgehead atoms. The van der Waals surface area contributed by atoms with Crippen LogP contribution in [-0.2, 0) is 0 Å². The van der Waals surface area contributed by atoms with Crippen molar-refractivity contribution in [2.45, 2.75) is 19.6 Å². The molecule has 1 aromatic rings. The molecule has 4 heteroatoms. The Morgan fingerprint density at radius 2 is 2.43 bits per heavy atom. The van der Waals surface area contributed by atoms with Crippen molar-refractivity contribution < 1.29 is 19.2 Å². The van der Waals surface area contributed by atoms with Gasteiger partial charge in [0.15, 0.2) is 0 Å². The van der Waals surface area contributed by atoms with E-state index >= 15 is 0 Å². The Kier molecular flexibility index (Phi) is 0.771. The first kappa shape index (κ1) is 2.54. The molecule has 0 spiro atoms. The maximum Gasteiger partial charge on any atom is 0.147 e. The average molecular weight is 270 g/mol. The van der Waals surface area contributed by atoms with Crippen LogP contribution in [0.15, 0.2) is 16.9 Å². The van der Waals surface area contributed by atoms with Crippen LogP contribution < -0.4 is 4.90 Å². The molecule has 1 saturated heterocycles. The quantitative estimate of drug-likeness (QED) is 0.785. The van der Waals surface area contributed by atoms with Crippen LogP contribution in [0.5, 0.6) is 0 Å². The smallest absolute Gasteiger partial charge is 0.147 e. The monoisotopic (exact) mass is 269 g/mol. The van der Waals surface area contributed by atoms with Crippen molar-refractivity contribution in [3.8, 4) is 0 Å². The van der Waals surface area contributed by atoms with Gasteiger partial charge in [-0.2, -0.15) is 0 Å². The van der Waals surface area contributed by atoms with Gasteiger partial charge in [-0.15, -0.1) is 0 Å². The predicted octanol–water partition coefficient (Wildman–Crippen LogP) is 2.48. The number of nitrogens with zero attached hydrogens (tertiary/aromatic N) is 3. The first-order valence-electron chi connectivity index (χ1n) is 10.5. The summed E-state index contributed by atoms with van der Waals surface area (Å²) in [7, 11) is 0. The van der Waals surface area contributed by atoms with Gasteiger partial charge in [0, 0.05) is 29.4 Å². The second kappa shape index (κ2) is 4.26. The van der Waals surface area contributed by atoms with E-state index in [-0.39, 0.29) is 9.50 Å². The molecule has 14 heavy (non-hydrogen) atoms. The summed E-state index contributed by atoms with van der Waals surface area (Å²) in [6.45, 7) is -11.1. The molecule has 0 atom stereocenters. The molecule has 1 aliphatic heterocycles. The van der Waals surface area contributed by atoms with Crippen molar-refractivity contribution in [2.75, 3.05) is 17.9 Å². The third-order valence-electron chi connectivity index (χ3n) is 1.31. The second-order valence-corrected chi connectivity index (χ2v) is 3.00. The summed E-state index contributed by atoms with van der Waals surface area (Å²) in [6.07, 6.45) is -9.21. The van der Waals surface area contributed by atoms with E-state index in [1.165, 1.54) is 0 Å². The highest BCUT2D eigenvalue weighted by atomic mass is 79.9.